The Bertz CT molecular complexity index is 387. The zero-order valence-corrected chi connectivity index (χ0v) is 12.1. The Hall–Kier alpha value is -1.42. The largest absolute Gasteiger partial charge is 0.497 e. The summed E-state index contributed by atoms with van der Waals surface area (Å²) in [7, 11) is 3.38. The Balaban J connectivity index is 2.05. The van der Waals surface area contributed by atoms with Crippen LogP contribution in [0.5, 0.6) is 11.5 Å². The molecule has 0 aliphatic carbocycles. The normalized spacial score (nSPS) is 18.7. The van der Waals surface area contributed by atoms with E-state index in [2.05, 4.69) is 29.3 Å². The molecule has 0 bridgehead atoms. The minimum atomic E-state index is 0.733. The SMILES string of the molecule is CCNCC1CCN(c2cc(OC)cc(OC)c2)C1. The van der Waals surface area contributed by atoms with Crippen molar-refractivity contribution in [2.24, 2.45) is 5.92 Å². The second-order valence-corrected chi connectivity index (χ2v) is 4.98. The van der Waals surface area contributed by atoms with Gasteiger partial charge in [0.2, 0.25) is 0 Å². The lowest BCUT2D eigenvalue weighted by Gasteiger charge is -2.20. The van der Waals surface area contributed by atoms with E-state index < -0.39 is 0 Å². The van der Waals surface area contributed by atoms with Gasteiger partial charge in [0.05, 0.1) is 14.2 Å². The van der Waals surface area contributed by atoms with Gasteiger partial charge < -0.3 is 19.7 Å². The van der Waals surface area contributed by atoms with E-state index in [9.17, 15) is 0 Å². The average molecular weight is 264 g/mol. The summed E-state index contributed by atoms with van der Waals surface area (Å²) in [4.78, 5) is 2.41. The van der Waals surface area contributed by atoms with Crippen LogP contribution in [0.3, 0.4) is 0 Å². The van der Waals surface area contributed by atoms with E-state index in [1.165, 1.54) is 12.1 Å². The highest BCUT2D eigenvalue weighted by atomic mass is 16.5. The Kier molecular flexibility index (Phi) is 4.91. The first-order valence-corrected chi connectivity index (χ1v) is 6.95. The number of rotatable bonds is 6. The highest BCUT2D eigenvalue weighted by Crippen LogP contribution is 2.31. The molecule has 1 saturated heterocycles. The van der Waals surface area contributed by atoms with Crippen LogP contribution in [0, 0.1) is 5.92 Å². The number of benzene rings is 1. The standard InChI is InChI=1S/C15H24N2O2/c1-4-16-10-12-5-6-17(11-12)13-7-14(18-2)9-15(8-13)19-3/h7-9,12,16H,4-6,10-11H2,1-3H3. The quantitative estimate of drug-likeness (QED) is 0.853. The van der Waals surface area contributed by atoms with Crippen molar-refractivity contribution in [3.8, 4) is 11.5 Å². The fourth-order valence-corrected chi connectivity index (χ4v) is 2.56. The van der Waals surface area contributed by atoms with Gasteiger partial charge in [0, 0.05) is 37.0 Å². The molecule has 0 saturated carbocycles. The molecule has 0 spiro atoms. The fourth-order valence-electron chi connectivity index (χ4n) is 2.56. The lowest BCUT2D eigenvalue weighted by atomic mass is 10.1. The molecule has 1 heterocycles. The second-order valence-electron chi connectivity index (χ2n) is 4.98. The van der Waals surface area contributed by atoms with E-state index >= 15 is 0 Å². The molecule has 0 radical (unpaired) electrons. The minimum absolute atomic E-state index is 0.733. The van der Waals surface area contributed by atoms with Crippen molar-refractivity contribution in [1.29, 1.82) is 0 Å². The number of hydrogen-bond acceptors (Lipinski definition) is 4. The second kappa shape index (κ2) is 6.66. The van der Waals surface area contributed by atoms with Gasteiger partial charge >= 0.3 is 0 Å². The summed E-state index contributed by atoms with van der Waals surface area (Å²) in [5, 5.41) is 3.43. The fraction of sp³-hybridized carbons (Fsp3) is 0.600. The molecule has 1 fully saturated rings. The van der Waals surface area contributed by atoms with Gasteiger partial charge in [-0.15, -0.1) is 0 Å². The van der Waals surface area contributed by atoms with E-state index in [1.807, 2.05) is 6.07 Å². The number of nitrogens with one attached hydrogen (secondary N) is 1. The van der Waals surface area contributed by atoms with E-state index in [4.69, 9.17) is 9.47 Å². The third kappa shape index (κ3) is 3.53. The van der Waals surface area contributed by atoms with Crippen LogP contribution in [0.2, 0.25) is 0 Å². The Labute approximate surface area is 115 Å². The van der Waals surface area contributed by atoms with Crippen molar-refractivity contribution in [3.63, 3.8) is 0 Å². The van der Waals surface area contributed by atoms with Gasteiger partial charge in [0.15, 0.2) is 0 Å². The lowest BCUT2D eigenvalue weighted by molar-refractivity contribution is 0.394. The van der Waals surface area contributed by atoms with Gasteiger partial charge in [0.1, 0.15) is 11.5 Å². The van der Waals surface area contributed by atoms with E-state index in [0.717, 1.165) is 43.6 Å². The molecular formula is C15H24N2O2. The molecule has 19 heavy (non-hydrogen) atoms. The van der Waals surface area contributed by atoms with Crippen molar-refractivity contribution in [1.82, 2.24) is 5.32 Å². The van der Waals surface area contributed by atoms with Crippen molar-refractivity contribution < 1.29 is 9.47 Å². The summed E-state index contributed by atoms with van der Waals surface area (Å²) in [6.45, 7) is 6.51. The first-order valence-electron chi connectivity index (χ1n) is 6.95. The monoisotopic (exact) mass is 264 g/mol. The maximum absolute atomic E-state index is 5.33. The van der Waals surface area contributed by atoms with Gasteiger partial charge in [-0.2, -0.15) is 0 Å². The molecule has 1 N–H and O–H groups in total. The van der Waals surface area contributed by atoms with E-state index in [1.54, 1.807) is 14.2 Å². The number of ether oxygens (including phenoxy) is 2. The van der Waals surface area contributed by atoms with Crippen LogP contribution in [-0.2, 0) is 0 Å². The molecule has 4 nitrogen and oxygen atoms in total. The number of hydrogen-bond donors (Lipinski definition) is 1. The highest BCUT2D eigenvalue weighted by molar-refractivity contribution is 5.56. The topological polar surface area (TPSA) is 33.7 Å². The van der Waals surface area contributed by atoms with Crippen LogP contribution >= 0.6 is 0 Å². The molecule has 106 valence electrons. The number of methoxy groups -OCH3 is 2. The summed E-state index contributed by atoms with van der Waals surface area (Å²) >= 11 is 0. The third-order valence-corrected chi connectivity index (χ3v) is 3.67. The molecule has 0 amide bonds. The highest BCUT2D eigenvalue weighted by Gasteiger charge is 2.22. The van der Waals surface area contributed by atoms with Crippen LogP contribution in [0.4, 0.5) is 5.69 Å². The molecule has 0 aromatic heterocycles. The Morgan fingerprint density at radius 3 is 2.47 bits per heavy atom. The van der Waals surface area contributed by atoms with Crippen molar-refractivity contribution in [2.45, 2.75) is 13.3 Å². The van der Waals surface area contributed by atoms with Crippen LogP contribution < -0.4 is 19.7 Å². The van der Waals surface area contributed by atoms with E-state index in [-0.39, 0.29) is 0 Å². The minimum Gasteiger partial charge on any atom is -0.497 e. The van der Waals surface area contributed by atoms with Crippen LogP contribution in [0.25, 0.3) is 0 Å². The molecule has 4 heteroatoms. The third-order valence-electron chi connectivity index (χ3n) is 3.67. The molecular weight excluding hydrogens is 240 g/mol. The van der Waals surface area contributed by atoms with Gasteiger partial charge in [-0.3, -0.25) is 0 Å². The molecule has 1 unspecified atom stereocenters. The molecule has 1 aliphatic heterocycles. The Morgan fingerprint density at radius 1 is 1.21 bits per heavy atom. The first kappa shape index (κ1) is 14.0. The van der Waals surface area contributed by atoms with Crippen molar-refractivity contribution in [2.75, 3.05) is 45.3 Å². The van der Waals surface area contributed by atoms with Gasteiger partial charge in [-0.05, 0) is 25.4 Å². The zero-order chi connectivity index (χ0) is 13.7. The summed E-state index contributed by atoms with van der Waals surface area (Å²) in [5.74, 6) is 2.44. The van der Waals surface area contributed by atoms with Crippen molar-refractivity contribution in [3.05, 3.63) is 18.2 Å². The maximum Gasteiger partial charge on any atom is 0.124 e. The molecule has 1 aromatic rings. The molecule has 1 aromatic carbocycles. The molecule has 1 atom stereocenters. The van der Waals surface area contributed by atoms with Gasteiger partial charge in [-0.25, -0.2) is 0 Å². The zero-order valence-electron chi connectivity index (χ0n) is 12.1. The summed E-state index contributed by atoms with van der Waals surface area (Å²) < 4.78 is 10.7. The van der Waals surface area contributed by atoms with Crippen molar-refractivity contribution >= 4 is 5.69 Å². The number of anilines is 1. The van der Waals surface area contributed by atoms with Gasteiger partial charge in [-0.1, -0.05) is 6.92 Å². The summed E-state index contributed by atoms with van der Waals surface area (Å²) in [5.41, 5.74) is 1.19. The smallest absolute Gasteiger partial charge is 0.124 e. The molecule has 1 aliphatic rings. The number of nitrogens with zero attached hydrogens (tertiary/aromatic N) is 1. The molecule has 2 rings (SSSR count). The van der Waals surface area contributed by atoms with Crippen LogP contribution in [0.15, 0.2) is 18.2 Å². The lowest BCUT2D eigenvalue weighted by Crippen LogP contribution is -2.26. The van der Waals surface area contributed by atoms with E-state index in [0.29, 0.717) is 0 Å². The Morgan fingerprint density at radius 2 is 1.89 bits per heavy atom. The first-order chi connectivity index (χ1) is 9.26. The summed E-state index contributed by atoms with van der Waals surface area (Å²) in [6.07, 6.45) is 1.24. The summed E-state index contributed by atoms with van der Waals surface area (Å²) in [6, 6.07) is 6.08. The average Bonchev–Trinajstić information content (AvgIpc) is 2.93. The van der Waals surface area contributed by atoms with Gasteiger partial charge in [0.25, 0.3) is 0 Å². The van der Waals surface area contributed by atoms with Crippen LogP contribution in [-0.4, -0.2) is 40.4 Å². The van der Waals surface area contributed by atoms with Crippen LogP contribution in [0.1, 0.15) is 13.3 Å². The maximum atomic E-state index is 5.33. The predicted molar refractivity (Wildman–Crippen MR) is 78.4 cm³/mol. The predicted octanol–water partition coefficient (Wildman–Crippen LogP) is 2.14.